The third-order valence-corrected chi connectivity index (χ3v) is 4.35. The Balaban J connectivity index is 3.12. The molecule has 0 aliphatic carbocycles. The predicted octanol–water partition coefficient (Wildman–Crippen LogP) is 6.36. The maximum atomic E-state index is 13.0. The lowest BCUT2D eigenvalue weighted by Gasteiger charge is -2.29. The maximum absolute atomic E-state index is 13.0. The van der Waals surface area contributed by atoms with E-state index < -0.39 is 23.4 Å². The van der Waals surface area contributed by atoms with Crippen LogP contribution in [0.15, 0.2) is 41.9 Å². The molecule has 0 unspecified atom stereocenters. The first-order valence-corrected chi connectivity index (χ1v) is 11.6. The minimum atomic E-state index is -0.698. The van der Waals surface area contributed by atoms with Crippen molar-refractivity contribution in [3.05, 3.63) is 47.5 Å². The van der Waals surface area contributed by atoms with E-state index in [0.717, 1.165) is 18.4 Å². The van der Waals surface area contributed by atoms with Crippen molar-refractivity contribution in [1.29, 1.82) is 0 Å². The zero-order valence-corrected chi connectivity index (χ0v) is 21.5. The first kappa shape index (κ1) is 28.5. The summed E-state index contributed by atoms with van der Waals surface area (Å²) in [6, 6.07) is 7.46. The Kier molecular flexibility index (Phi) is 11.4. The zero-order valence-electron chi connectivity index (χ0n) is 20.7. The second-order valence-corrected chi connectivity index (χ2v) is 10.1. The molecule has 0 spiro atoms. The quantitative estimate of drug-likeness (QED) is 0.203. The minimum absolute atomic E-state index is 0.103. The van der Waals surface area contributed by atoms with Crippen LogP contribution in [0.2, 0.25) is 5.02 Å². The van der Waals surface area contributed by atoms with Crippen LogP contribution in [0.4, 0.5) is 9.59 Å². The van der Waals surface area contributed by atoms with Crippen molar-refractivity contribution in [3.63, 3.8) is 0 Å². The third kappa shape index (κ3) is 12.9. The summed E-state index contributed by atoms with van der Waals surface area (Å²) >= 11 is 5.95. The second-order valence-electron chi connectivity index (χ2n) is 9.63. The summed E-state index contributed by atoms with van der Waals surface area (Å²) < 4.78 is 11.0. The normalized spacial score (nSPS) is 12.2. The van der Waals surface area contributed by atoms with Gasteiger partial charge in [-0.25, -0.2) is 14.5 Å². The monoisotopic (exact) mass is 479 g/mol. The second kappa shape index (κ2) is 13.2. The van der Waals surface area contributed by atoms with Crippen molar-refractivity contribution in [2.45, 2.75) is 78.4 Å². The van der Waals surface area contributed by atoms with E-state index in [1.165, 1.54) is 4.90 Å². The number of hydrogen-bond acceptors (Lipinski definition) is 5. The van der Waals surface area contributed by atoms with Crippen molar-refractivity contribution in [3.8, 4) is 0 Å². The van der Waals surface area contributed by atoms with Crippen LogP contribution in [0.3, 0.4) is 0 Å². The minimum Gasteiger partial charge on any atom is -0.444 e. The fraction of sp³-hybridized carbons (Fsp3) is 0.560. The zero-order chi connectivity index (χ0) is 25.1. The molecule has 184 valence electrons. The number of allylic oxidation sites excluding steroid dienone is 1. The summed E-state index contributed by atoms with van der Waals surface area (Å²) in [6.07, 6.45) is 3.53. The van der Waals surface area contributed by atoms with Gasteiger partial charge in [-0.05, 0) is 84.9 Å². The Morgan fingerprint density at radius 2 is 1.67 bits per heavy atom. The van der Waals surface area contributed by atoms with E-state index in [2.05, 4.69) is 16.9 Å². The van der Waals surface area contributed by atoms with Crippen molar-refractivity contribution < 1.29 is 19.1 Å². The molecule has 0 atom stereocenters. The molecule has 1 rings (SSSR count). The molecule has 0 aliphatic rings. The van der Waals surface area contributed by atoms with Gasteiger partial charge in [0.15, 0.2) is 0 Å². The molecule has 1 N–H and O–H groups in total. The Morgan fingerprint density at radius 3 is 2.21 bits per heavy atom. The van der Waals surface area contributed by atoms with Crippen molar-refractivity contribution in [2.24, 2.45) is 4.99 Å². The first-order chi connectivity index (χ1) is 15.3. The molecule has 0 heterocycles. The Labute approximate surface area is 203 Å². The summed E-state index contributed by atoms with van der Waals surface area (Å²) in [7, 11) is 0. The molecule has 0 aromatic heterocycles. The van der Waals surface area contributed by atoms with E-state index in [0.29, 0.717) is 31.0 Å². The Morgan fingerprint density at radius 1 is 1.06 bits per heavy atom. The number of amides is 2. The average Bonchev–Trinajstić information content (AvgIpc) is 2.66. The highest BCUT2D eigenvalue weighted by Crippen LogP contribution is 2.13. The molecule has 0 saturated carbocycles. The van der Waals surface area contributed by atoms with Crippen LogP contribution in [0.1, 0.15) is 66.4 Å². The number of alkyl carbamates (subject to hydrolysis) is 1. The number of carbonyl (C=O) groups excluding carboxylic acids is 2. The van der Waals surface area contributed by atoms with E-state index in [9.17, 15) is 9.59 Å². The van der Waals surface area contributed by atoms with Gasteiger partial charge < -0.3 is 9.47 Å². The van der Waals surface area contributed by atoms with Crippen LogP contribution in [-0.4, -0.2) is 47.3 Å². The fourth-order valence-corrected chi connectivity index (χ4v) is 2.81. The number of nitrogens with one attached hydrogen (secondary N) is 1. The number of benzene rings is 1. The van der Waals surface area contributed by atoms with Crippen molar-refractivity contribution in [2.75, 3.05) is 13.1 Å². The van der Waals surface area contributed by atoms with Crippen molar-refractivity contribution in [1.82, 2.24) is 10.2 Å². The van der Waals surface area contributed by atoms with Gasteiger partial charge in [0.1, 0.15) is 11.2 Å². The molecule has 1 aromatic carbocycles. The number of aliphatic imine (C=N–C) groups is 1. The highest BCUT2D eigenvalue weighted by atomic mass is 35.5. The fourth-order valence-electron chi connectivity index (χ4n) is 2.69. The molecule has 0 fully saturated rings. The first-order valence-electron chi connectivity index (χ1n) is 11.2. The highest BCUT2D eigenvalue weighted by Gasteiger charge is 2.28. The number of ether oxygens (including phenoxy) is 2. The summed E-state index contributed by atoms with van der Waals surface area (Å²) in [6.45, 7) is 15.1. The van der Waals surface area contributed by atoms with Crippen LogP contribution >= 0.6 is 11.6 Å². The topological polar surface area (TPSA) is 80.2 Å². The van der Waals surface area contributed by atoms with Crippen LogP contribution < -0.4 is 5.32 Å². The summed E-state index contributed by atoms with van der Waals surface area (Å²) in [5.41, 5.74) is -0.356. The van der Waals surface area contributed by atoms with Gasteiger partial charge >= 0.3 is 12.2 Å². The number of nitrogens with zero attached hydrogens (tertiary/aromatic N) is 2. The molecular formula is C25H38ClN3O4. The SMILES string of the molecule is C=CCCCCN(C(=O)OC(C)(C)C)C(=NCCc1ccc(Cl)cc1)NC(=O)OC(C)(C)C. The standard InChI is InChI=1S/C25H38ClN3O4/c1-8-9-10-11-18-29(23(31)33-25(5,6)7)21(28-22(30)32-24(2,3)4)27-17-16-19-12-14-20(26)15-13-19/h8,12-15H,1,9-11,16-18H2,2-7H3,(H,27,28,30). The maximum Gasteiger partial charge on any atom is 0.417 e. The van der Waals surface area contributed by atoms with Crippen LogP contribution in [0.25, 0.3) is 0 Å². The molecular weight excluding hydrogens is 442 g/mol. The molecule has 0 aliphatic heterocycles. The molecule has 7 nitrogen and oxygen atoms in total. The molecule has 0 bridgehead atoms. The number of hydrogen-bond donors (Lipinski definition) is 1. The number of unbranched alkanes of at least 4 members (excludes halogenated alkanes) is 2. The molecule has 2 amide bonds. The lowest BCUT2D eigenvalue weighted by Crippen LogP contribution is -2.50. The van der Waals surface area contributed by atoms with Crippen LogP contribution in [0.5, 0.6) is 0 Å². The third-order valence-electron chi connectivity index (χ3n) is 4.10. The molecule has 0 saturated heterocycles. The van der Waals surface area contributed by atoms with E-state index in [1.807, 2.05) is 30.3 Å². The summed E-state index contributed by atoms with van der Waals surface area (Å²) in [5, 5.41) is 3.31. The van der Waals surface area contributed by atoms with Gasteiger partial charge in [-0.2, -0.15) is 0 Å². The van der Waals surface area contributed by atoms with E-state index in [1.54, 1.807) is 41.5 Å². The number of guanidine groups is 1. The van der Waals surface area contributed by atoms with Crippen molar-refractivity contribution >= 4 is 29.7 Å². The number of rotatable bonds is 8. The van der Waals surface area contributed by atoms with Crippen LogP contribution in [-0.2, 0) is 15.9 Å². The van der Waals surface area contributed by atoms with Gasteiger partial charge in [0.2, 0.25) is 5.96 Å². The highest BCUT2D eigenvalue weighted by molar-refractivity contribution is 6.30. The molecule has 0 radical (unpaired) electrons. The van der Waals surface area contributed by atoms with Gasteiger partial charge in [-0.15, -0.1) is 6.58 Å². The Bertz CT molecular complexity index is 808. The summed E-state index contributed by atoms with van der Waals surface area (Å²) in [4.78, 5) is 31.4. The molecule has 33 heavy (non-hydrogen) atoms. The smallest absolute Gasteiger partial charge is 0.417 e. The van der Waals surface area contributed by atoms with Gasteiger partial charge in [0, 0.05) is 18.1 Å². The van der Waals surface area contributed by atoms with Crippen LogP contribution in [0, 0.1) is 0 Å². The molecule has 8 heteroatoms. The summed E-state index contributed by atoms with van der Waals surface area (Å²) in [5.74, 6) is 0.103. The average molecular weight is 480 g/mol. The Hall–Kier alpha value is -2.54. The van der Waals surface area contributed by atoms with Gasteiger partial charge in [-0.1, -0.05) is 29.8 Å². The number of halogens is 1. The largest absolute Gasteiger partial charge is 0.444 e. The lowest BCUT2D eigenvalue weighted by molar-refractivity contribution is 0.0356. The van der Waals surface area contributed by atoms with E-state index in [-0.39, 0.29) is 5.96 Å². The van der Waals surface area contributed by atoms with E-state index >= 15 is 0 Å². The number of carbonyl (C=O) groups is 2. The molecule has 1 aromatic rings. The van der Waals surface area contributed by atoms with Gasteiger partial charge in [0.05, 0.1) is 0 Å². The van der Waals surface area contributed by atoms with E-state index in [4.69, 9.17) is 21.1 Å². The van der Waals surface area contributed by atoms with Gasteiger partial charge in [-0.3, -0.25) is 10.3 Å². The predicted molar refractivity (Wildman–Crippen MR) is 134 cm³/mol. The van der Waals surface area contributed by atoms with Gasteiger partial charge in [0.25, 0.3) is 0 Å². The lowest BCUT2D eigenvalue weighted by atomic mass is 10.1.